The number of carboxylic acids is 1. The Hall–Kier alpha value is -3.17. The van der Waals surface area contributed by atoms with Crippen molar-refractivity contribution in [2.45, 2.75) is 11.7 Å². The molecule has 8 nitrogen and oxygen atoms in total. The van der Waals surface area contributed by atoms with E-state index in [0.29, 0.717) is 5.02 Å². The third-order valence-electron chi connectivity index (χ3n) is 3.95. The standard InChI is InChI=1S/C19H15ClN4O4S/c20-13-6-4-11(5-7-13)10-22-23-19(21)29-15-9-16(25)24(17(15)26)14-3-1-2-12(8-14)18(27)28/h1-8,10,15H,9H2,(H2,21,23)(H,27,28). The summed E-state index contributed by atoms with van der Waals surface area (Å²) < 4.78 is 0. The lowest BCUT2D eigenvalue weighted by Gasteiger charge is -2.15. The lowest BCUT2D eigenvalue weighted by molar-refractivity contribution is -0.121. The maximum absolute atomic E-state index is 12.6. The predicted molar refractivity (Wildman–Crippen MR) is 113 cm³/mol. The van der Waals surface area contributed by atoms with Gasteiger partial charge in [-0.05, 0) is 35.9 Å². The first-order valence-corrected chi connectivity index (χ1v) is 9.60. The summed E-state index contributed by atoms with van der Waals surface area (Å²) in [6.07, 6.45) is 1.41. The number of thioether (sulfide) groups is 1. The van der Waals surface area contributed by atoms with Gasteiger partial charge in [0.05, 0.1) is 17.5 Å². The monoisotopic (exact) mass is 430 g/mol. The number of rotatable bonds is 5. The summed E-state index contributed by atoms with van der Waals surface area (Å²) in [4.78, 5) is 37.0. The number of carboxylic acid groups (broad SMARTS) is 1. The van der Waals surface area contributed by atoms with E-state index in [9.17, 15) is 14.4 Å². The highest BCUT2D eigenvalue weighted by Gasteiger charge is 2.40. The van der Waals surface area contributed by atoms with Gasteiger partial charge in [0.1, 0.15) is 5.25 Å². The van der Waals surface area contributed by atoms with Crippen LogP contribution in [0.15, 0.2) is 58.7 Å². The van der Waals surface area contributed by atoms with Crippen LogP contribution in [0.1, 0.15) is 22.3 Å². The van der Waals surface area contributed by atoms with Crippen LogP contribution in [0.2, 0.25) is 5.02 Å². The Kier molecular flexibility index (Phi) is 6.30. The number of hydrogen-bond acceptors (Lipinski definition) is 6. The summed E-state index contributed by atoms with van der Waals surface area (Å²) in [7, 11) is 0. The van der Waals surface area contributed by atoms with E-state index in [1.807, 2.05) is 0 Å². The van der Waals surface area contributed by atoms with Crippen molar-refractivity contribution in [3.05, 3.63) is 64.7 Å². The molecule has 1 unspecified atom stereocenters. The average Bonchev–Trinajstić information content (AvgIpc) is 2.96. The van der Waals surface area contributed by atoms with Crippen molar-refractivity contribution >= 4 is 58.2 Å². The van der Waals surface area contributed by atoms with Gasteiger partial charge in [-0.15, -0.1) is 5.10 Å². The Morgan fingerprint density at radius 2 is 1.97 bits per heavy atom. The van der Waals surface area contributed by atoms with Crippen molar-refractivity contribution < 1.29 is 19.5 Å². The topological polar surface area (TPSA) is 125 Å². The van der Waals surface area contributed by atoms with Gasteiger partial charge in [-0.1, -0.05) is 41.6 Å². The summed E-state index contributed by atoms with van der Waals surface area (Å²) in [5.74, 6) is -2.07. The minimum Gasteiger partial charge on any atom is -0.478 e. The van der Waals surface area contributed by atoms with E-state index in [0.717, 1.165) is 22.2 Å². The average molecular weight is 431 g/mol. The number of hydrogen-bond donors (Lipinski definition) is 2. The Morgan fingerprint density at radius 3 is 2.66 bits per heavy atom. The molecule has 3 N–H and O–H groups in total. The number of carbonyl (C=O) groups is 3. The molecule has 0 aliphatic carbocycles. The van der Waals surface area contributed by atoms with Crippen LogP contribution in [-0.4, -0.2) is 39.5 Å². The lowest BCUT2D eigenvalue weighted by Crippen LogP contribution is -2.32. The second-order valence-corrected chi connectivity index (χ2v) is 7.63. The molecule has 1 aliphatic rings. The van der Waals surface area contributed by atoms with Gasteiger partial charge < -0.3 is 10.8 Å². The largest absolute Gasteiger partial charge is 0.478 e. The predicted octanol–water partition coefficient (Wildman–Crippen LogP) is 2.75. The number of imide groups is 1. The molecule has 0 aromatic heterocycles. The number of benzene rings is 2. The highest BCUT2D eigenvalue weighted by molar-refractivity contribution is 8.14. The molecule has 2 aromatic carbocycles. The number of aromatic carboxylic acids is 1. The number of amidine groups is 1. The molecule has 2 amide bonds. The number of anilines is 1. The van der Waals surface area contributed by atoms with Crippen LogP contribution in [0, 0.1) is 0 Å². The molecule has 0 radical (unpaired) electrons. The van der Waals surface area contributed by atoms with Crippen LogP contribution in [0.25, 0.3) is 0 Å². The molecule has 1 fully saturated rings. The Bertz CT molecular complexity index is 1020. The zero-order valence-electron chi connectivity index (χ0n) is 14.9. The molecule has 10 heteroatoms. The highest BCUT2D eigenvalue weighted by atomic mass is 35.5. The molecule has 0 saturated carbocycles. The number of halogens is 1. The van der Waals surface area contributed by atoms with Crippen LogP contribution in [-0.2, 0) is 9.59 Å². The quantitative estimate of drug-likeness (QED) is 0.325. The minimum atomic E-state index is -1.15. The van der Waals surface area contributed by atoms with Crippen molar-refractivity contribution in [3.8, 4) is 0 Å². The second-order valence-electron chi connectivity index (χ2n) is 5.97. The number of amides is 2. The first kappa shape index (κ1) is 20.6. The van der Waals surface area contributed by atoms with E-state index in [1.165, 1.54) is 30.5 Å². The fourth-order valence-corrected chi connectivity index (χ4v) is 3.56. The van der Waals surface area contributed by atoms with Gasteiger partial charge in [0, 0.05) is 11.4 Å². The first-order chi connectivity index (χ1) is 13.8. The van der Waals surface area contributed by atoms with Crippen LogP contribution in [0.4, 0.5) is 5.69 Å². The van der Waals surface area contributed by atoms with Crippen LogP contribution < -0.4 is 10.6 Å². The summed E-state index contributed by atoms with van der Waals surface area (Å²) in [6, 6.07) is 12.6. The van der Waals surface area contributed by atoms with Gasteiger partial charge in [0.25, 0.3) is 0 Å². The molecule has 0 bridgehead atoms. The van der Waals surface area contributed by atoms with Gasteiger partial charge in [-0.25, -0.2) is 9.69 Å². The SMILES string of the molecule is NC(=NN=Cc1ccc(Cl)cc1)SC1CC(=O)N(c2cccc(C(=O)O)c2)C1=O. The fraction of sp³-hybridized carbons (Fsp3) is 0.105. The van der Waals surface area contributed by atoms with E-state index in [4.69, 9.17) is 22.4 Å². The minimum absolute atomic E-state index is 0.0168. The maximum Gasteiger partial charge on any atom is 0.335 e. The molecule has 2 aromatic rings. The van der Waals surface area contributed by atoms with E-state index in [-0.39, 0.29) is 22.8 Å². The molecule has 1 heterocycles. The van der Waals surface area contributed by atoms with Crippen LogP contribution >= 0.6 is 23.4 Å². The van der Waals surface area contributed by atoms with Gasteiger partial charge in [-0.2, -0.15) is 5.10 Å². The van der Waals surface area contributed by atoms with E-state index in [2.05, 4.69) is 10.2 Å². The van der Waals surface area contributed by atoms with Crippen molar-refractivity contribution in [1.29, 1.82) is 0 Å². The summed E-state index contributed by atoms with van der Waals surface area (Å²) in [5, 5.41) is 16.7. The van der Waals surface area contributed by atoms with E-state index >= 15 is 0 Å². The number of nitrogens with zero attached hydrogens (tertiary/aromatic N) is 3. The van der Waals surface area contributed by atoms with Crippen LogP contribution in [0.3, 0.4) is 0 Å². The third-order valence-corrected chi connectivity index (χ3v) is 5.18. The molecule has 3 rings (SSSR count). The number of nitrogens with two attached hydrogens (primary N) is 1. The summed E-state index contributed by atoms with van der Waals surface area (Å²) in [6.45, 7) is 0. The molecule has 29 heavy (non-hydrogen) atoms. The number of carbonyl (C=O) groups excluding carboxylic acids is 2. The molecule has 1 aliphatic heterocycles. The van der Waals surface area contributed by atoms with E-state index in [1.54, 1.807) is 24.3 Å². The molecular weight excluding hydrogens is 416 g/mol. The second kappa shape index (κ2) is 8.89. The van der Waals surface area contributed by atoms with Gasteiger partial charge in [0.15, 0.2) is 5.17 Å². The van der Waals surface area contributed by atoms with Crippen molar-refractivity contribution in [2.75, 3.05) is 4.90 Å². The Labute approximate surface area is 175 Å². The van der Waals surface area contributed by atoms with Gasteiger partial charge >= 0.3 is 5.97 Å². The van der Waals surface area contributed by atoms with Crippen LogP contribution in [0.5, 0.6) is 0 Å². The maximum atomic E-state index is 12.6. The fourth-order valence-electron chi connectivity index (χ4n) is 2.62. The Morgan fingerprint density at radius 1 is 1.24 bits per heavy atom. The summed E-state index contributed by atoms with van der Waals surface area (Å²) >= 11 is 6.74. The Balaban J connectivity index is 1.68. The van der Waals surface area contributed by atoms with Crippen molar-refractivity contribution in [3.63, 3.8) is 0 Å². The molecule has 148 valence electrons. The summed E-state index contributed by atoms with van der Waals surface area (Å²) in [5.41, 5.74) is 6.78. The highest BCUT2D eigenvalue weighted by Crippen LogP contribution is 2.30. The van der Waals surface area contributed by atoms with E-state index < -0.39 is 23.0 Å². The zero-order valence-corrected chi connectivity index (χ0v) is 16.4. The third kappa shape index (κ3) is 5.01. The molecule has 0 spiro atoms. The first-order valence-electron chi connectivity index (χ1n) is 8.34. The molecule has 1 saturated heterocycles. The van der Waals surface area contributed by atoms with Crippen molar-refractivity contribution in [2.24, 2.45) is 15.9 Å². The smallest absolute Gasteiger partial charge is 0.335 e. The van der Waals surface area contributed by atoms with Gasteiger partial charge in [0.2, 0.25) is 11.8 Å². The zero-order chi connectivity index (χ0) is 21.0. The normalized spacial score (nSPS) is 17.3. The van der Waals surface area contributed by atoms with Crippen molar-refractivity contribution in [1.82, 2.24) is 0 Å². The molecular formula is C19H15ClN4O4S. The molecule has 1 atom stereocenters. The lowest BCUT2D eigenvalue weighted by atomic mass is 10.2. The van der Waals surface area contributed by atoms with Gasteiger partial charge in [-0.3, -0.25) is 9.59 Å².